The van der Waals surface area contributed by atoms with Crippen LogP contribution in [-0.4, -0.2) is 42.7 Å². The minimum Gasteiger partial charge on any atom is -0.384 e. The Morgan fingerprint density at radius 2 is 1.77 bits per heavy atom. The number of nitrogens with one attached hydrogen (secondary N) is 1. The van der Waals surface area contributed by atoms with Gasteiger partial charge in [-0.3, -0.25) is 24.3 Å². The molecule has 2 aliphatic heterocycles. The van der Waals surface area contributed by atoms with Gasteiger partial charge in [0.05, 0.1) is 35.7 Å². The van der Waals surface area contributed by atoms with Gasteiger partial charge in [-0.05, 0) is 18.2 Å². The third-order valence-corrected chi connectivity index (χ3v) is 4.72. The Morgan fingerprint density at radius 1 is 1.04 bits per heavy atom. The molecule has 8 nitrogen and oxygen atoms in total. The molecule has 0 spiro atoms. The van der Waals surface area contributed by atoms with Crippen molar-refractivity contribution in [2.75, 3.05) is 36.9 Å². The molecule has 0 aliphatic carbocycles. The van der Waals surface area contributed by atoms with Gasteiger partial charge in [-0.25, -0.2) is 0 Å². The minimum absolute atomic E-state index is 0.00232. The van der Waals surface area contributed by atoms with Crippen LogP contribution in [0.5, 0.6) is 0 Å². The molecule has 2 amide bonds. The molecule has 0 unspecified atom stereocenters. The second-order valence-corrected chi connectivity index (χ2v) is 6.44. The molecule has 1 fully saturated rings. The highest BCUT2D eigenvalue weighted by Crippen LogP contribution is 2.31. The number of rotatable bonds is 2. The Kier molecular flexibility index (Phi) is 3.93. The number of fused-ring (bicyclic) bond motifs is 1. The number of nitrogens with zero attached hydrogens (tertiary/aromatic N) is 2. The molecular weight excluding hydrogens is 360 g/mol. The van der Waals surface area contributed by atoms with Crippen LogP contribution in [0.4, 0.5) is 11.5 Å². The third kappa shape index (κ3) is 2.54. The van der Waals surface area contributed by atoms with Gasteiger partial charge in [0, 0.05) is 24.2 Å². The highest BCUT2D eigenvalue weighted by Gasteiger charge is 2.32. The molecule has 26 heavy (non-hydrogen) atoms. The van der Waals surface area contributed by atoms with Crippen molar-refractivity contribution >= 4 is 34.9 Å². The fraction of sp³-hybridized carbons (Fsp3) is 0.235. The molecule has 3 N–H and O–H groups in total. The molecule has 0 saturated carbocycles. The number of anilines is 2. The molecule has 4 rings (SSSR count). The highest BCUT2D eigenvalue weighted by atomic mass is 35.5. The van der Waals surface area contributed by atoms with Gasteiger partial charge in [0.1, 0.15) is 5.82 Å². The zero-order valence-corrected chi connectivity index (χ0v) is 14.4. The van der Waals surface area contributed by atoms with Gasteiger partial charge < -0.3 is 15.4 Å². The van der Waals surface area contributed by atoms with Gasteiger partial charge >= 0.3 is 0 Å². The predicted octanol–water partition coefficient (Wildman–Crippen LogP) is 0.793. The van der Waals surface area contributed by atoms with Crippen molar-refractivity contribution in [2.24, 2.45) is 0 Å². The number of halogens is 1. The van der Waals surface area contributed by atoms with E-state index in [0.717, 1.165) is 11.8 Å². The first-order chi connectivity index (χ1) is 12.5. The van der Waals surface area contributed by atoms with Gasteiger partial charge in [-0.2, -0.15) is 0 Å². The number of morpholine rings is 1. The van der Waals surface area contributed by atoms with E-state index < -0.39 is 17.4 Å². The lowest BCUT2D eigenvalue weighted by Crippen LogP contribution is -2.37. The average molecular weight is 375 g/mol. The summed E-state index contributed by atoms with van der Waals surface area (Å²) in [6.45, 7) is 2.42. The first-order valence-corrected chi connectivity index (χ1v) is 8.39. The van der Waals surface area contributed by atoms with Crippen LogP contribution in [0.1, 0.15) is 20.7 Å². The summed E-state index contributed by atoms with van der Waals surface area (Å²) in [6, 6.07) is 6.26. The number of imide groups is 1. The monoisotopic (exact) mass is 374 g/mol. The first-order valence-electron chi connectivity index (χ1n) is 8.01. The molecular formula is C17H15ClN4O4. The molecule has 9 heteroatoms. The van der Waals surface area contributed by atoms with Crippen LogP contribution in [0, 0.1) is 0 Å². The number of amides is 2. The maximum absolute atomic E-state index is 12.7. The van der Waals surface area contributed by atoms with Gasteiger partial charge in [-0.15, -0.1) is 0 Å². The van der Waals surface area contributed by atoms with Gasteiger partial charge in [0.2, 0.25) is 0 Å². The van der Waals surface area contributed by atoms with Crippen molar-refractivity contribution in [2.45, 2.75) is 0 Å². The summed E-state index contributed by atoms with van der Waals surface area (Å²) in [5, 5.41) is 2.58. The Bertz CT molecular complexity index is 995. The summed E-state index contributed by atoms with van der Waals surface area (Å²) in [6.07, 6.45) is 0. The second kappa shape index (κ2) is 6.15. The van der Waals surface area contributed by atoms with E-state index in [2.05, 4.69) is 10.2 Å². The van der Waals surface area contributed by atoms with E-state index in [9.17, 15) is 14.4 Å². The van der Waals surface area contributed by atoms with Crippen LogP contribution in [0.15, 0.2) is 29.1 Å². The number of ether oxygens (including phenoxy) is 1. The van der Waals surface area contributed by atoms with Crippen LogP contribution in [0.2, 0.25) is 5.02 Å². The van der Waals surface area contributed by atoms with E-state index in [4.69, 9.17) is 22.1 Å². The van der Waals surface area contributed by atoms with Crippen LogP contribution in [-0.2, 0) is 4.74 Å². The minimum atomic E-state index is -0.625. The lowest BCUT2D eigenvalue weighted by atomic mass is 10.1. The highest BCUT2D eigenvalue weighted by molar-refractivity contribution is 6.31. The smallest absolute Gasteiger partial charge is 0.262 e. The molecule has 1 saturated heterocycles. The Labute approximate surface area is 153 Å². The maximum atomic E-state index is 12.7. The molecule has 0 radical (unpaired) electrons. The fourth-order valence-electron chi connectivity index (χ4n) is 3.28. The van der Waals surface area contributed by atoms with Gasteiger partial charge in [-0.1, -0.05) is 11.6 Å². The molecule has 0 bridgehead atoms. The van der Waals surface area contributed by atoms with E-state index in [0.29, 0.717) is 37.0 Å². The van der Waals surface area contributed by atoms with Crippen molar-refractivity contribution in [3.63, 3.8) is 0 Å². The first kappa shape index (κ1) is 16.6. The summed E-state index contributed by atoms with van der Waals surface area (Å²) in [5.41, 5.74) is 6.81. The summed E-state index contributed by atoms with van der Waals surface area (Å²) >= 11 is 6.15. The lowest BCUT2D eigenvalue weighted by Gasteiger charge is -2.31. The van der Waals surface area contributed by atoms with Crippen molar-refractivity contribution in [3.05, 3.63) is 50.8 Å². The van der Waals surface area contributed by atoms with Gasteiger partial charge in [0.25, 0.3) is 17.4 Å². The number of hydrogen-bond donors (Lipinski definition) is 2. The van der Waals surface area contributed by atoms with E-state index >= 15 is 0 Å². The molecule has 1 aromatic heterocycles. The molecule has 2 aliphatic rings. The number of aromatic nitrogens is 1. The van der Waals surface area contributed by atoms with Gasteiger partial charge in [0.15, 0.2) is 0 Å². The molecule has 3 heterocycles. The molecule has 0 atom stereocenters. The van der Waals surface area contributed by atoms with E-state index in [1.165, 1.54) is 4.57 Å². The Balaban J connectivity index is 1.95. The SMILES string of the molecule is Nc1c2c(cc(=O)n1-c1cc(Cl)ccc1N1CCOCC1)C(=O)NC2=O. The maximum Gasteiger partial charge on any atom is 0.262 e. The third-order valence-electron chi connectivity index (χ3n) is 4.48. The number of hydrogen-bond acceptors (Lipinski definition) is 6. The summed E-state index contributed by atoms with van der Waals surface area (Å²) < 4.78 is 6.59. The number of pyridine rings is 1. The molecule has 2 aromatic rings. The van der Waals surface area contributed by atoms with Crippen LogP contribution >= 0.6 is 11.6 Å². The largest absolute Gasteiger partial charge is 0.384 e. The summed E-state index contributed by atoms with van der Waals surface area (Å²) in [4.78, 5) is 38.6. The number of carbonyl (C=O) groups is 2. The van der Waals surface area contributed by atoms with E-state index in [-0.39, 0.29) is 16.9 Å². The lowest BCUT2D eigenvalue weighted by molar-refractivity contribution is 0.0880. The zero-order chi connectivity index (χ0) is 18.4. The average Bonchev–Trinajstić information content (AvgIpc) is 2.90. The number of carbonyl (C=O) groups excluding carboxylic acids is 2. The van der Waals surface area contributed by atoms with Crippen LogP contribution < -0.4 is 21.5 Å². The van der Waals surface area contributed by atoms with Crippen LogP contribution in [0.25, 0.3) is 5.69 Å². The summed E-state index contributed by atoms with van der Waals surface area (Å²) in [7, 11) is 0. The second-order valence-electron chi connectivity index (χ2n) is 6.01. The Hall–Kier alpha value is -2.84. The van der Waals surface area contributed by atoms with Crippen molar-refractivity contribution in [1.82, 2.24) is 9.88 Å². The van der Waals surface area contributed by atoms with Crippen molar-refractivity contribution in [1.29, 1.82) is 0 Å². The predicted molar refractivity (Wildman–Crippen MR) is 96.3 cm³/mol. The number of nitrogens with two attached hydrogens (primary N) is 1. The number of benzene rings is 1. The quantitative estimate of drug-likeness (QED) is 0.753. The number of nitrogen functional groups attached to an aromatic ring is 1. The van der Waals surface area contributed by atoms with Crippen molar-refractivity contribution < 1.29 is 14.3 Å². The van der Waals surface area contributed by atoms with Crippen molar-refractivity contribution in [3.8, 4) is 5.69 Å². The standard InChI is InChI=1S/C17H15ClN4O4/c18-9-1-2-11(21-3-5-26-6-4-21)12(7-9)22-13(23)8-10-14(15(22)19)17(25)20-16(10)24/h1-2,7-8H,3-6,19H2,(H,20,24,25). The topological polar surface area (TPSA) is 107 Å². The molecule has 134 valence electrons. The Morgan fingerprint density at radius 3 is 2.50 bits per heavy atom. The normalized spacial score (nSPS) is 16.6. The van der Waals surface area contributed by atoms with E-state index in [1.54, 1.807) is 18.2 Å². The summed E-state index contributed by atoms with van der Waals surface area (Å²) in [5.74, 6) is -1.33. The van der Waals surface area contributed by atoms with Crippen LogP contribution in [0.3, 0.4) is 0 Å². The van der Waals surface area contributed by atoms with E-state index in [1.807, 2.05) is 0 Å². The molecule has 1 aromatic carbocycles. The zero-order valence-electron chi connectivity index (χ0n) is 13.6. The fourth-order valence-corrected chi connectivity index (χ4v) is 3.44.